The number of carbonyl (C=O) groups is 1. The van der Waals surface area contributed by atoms with Crippen molar-refractivity contribution < 1.29 is 4.79 Å². The van der Waals surface area contributed by atoms with Crippen LogP contribution in [-0.4, -0.2) is 25.2 Å². The Morgan fingerprint density at radius 1 is 0.913 bits per heavy atom. The number of carbonyl (C=O) groups excluding carboxylic acids is 1. The van der Waals surface area contributed by atoms with Gasteiger partial charge in [0, 0.05) is 18.2 Å². The molecule has 3 heteroatoms. The number of likely N-dealkylation sites (N-methyl/N-ethyl adjacent to an activating group) is 1. The summed E-state index contributed by atoms with van der Waals surface area (Å²) in [6.45, 7) is 0.172. The van der Waals surface area contributed by atoms with Crippen molar-refractivity contribution in [1.29, 1.82) is 0 Å². The zero-order valence-electron chi connectivity index (χ0n) is 12.9. The van der Waals surface area contributed by atoms with Gasteiger partial charge in [0.25, 0.3) is 0 Å². The van der Waals surface area contributed by atoms with Crippen molar-refractivity contribution in [3.8, 4) is 0 Å². The van der Waals surface area contributed by atoms with E-state index < -0.39 is 0 Å². The molecule has 4 rings (SSSR count). The summed E-state index contributed by atoms with van der Waals surface area (Å²) in [6, 6.07) is 22.4. The van der Waals surface area contributed by atoms with Crippen molar-refractivity contribution in [2.45, 2.75) is 0 Å². The molecule has 0 saturated heterocycles. The van der Waals surface area contributed by atoms with Gasteiger partial charge in [0.2, 0.25) is 5.91 Å². The second-order valence-electron chi connectivity index (χ2n) is 5.70. The summed E-state index contributed by atoms with van der Waals surface area (Å²) in [4.78, 5) is 18.6. The van der Waals surface area contributed by atoms with Gasteiger partial charge in [-0.1, -0.05) is 54.6 Å². The lowest BCUT2D eigenvalue weighted by Crippen LogP contribution is -2.27. The van der Waals surface area contributed by atoms with Crippen LogP contribution in [0, 0.1) is 0 Å². The molecule has 23 heavy (non-hydrogen) atoms. The van der Waals surface area contributed by atoms with Crippen molar-refractivity contribution >= 4 is 28.1 Å². The molecule has 1 heterocycles. The number of hydrogen-bond acceptors (Lipinski definition) is 2. The van der Waals surface area contributed by atoms with Gasteiger partial charge in [0.1, 0.15) is 6.54 Å². The van der Waals surface area contributed by atoms with Crippen molar-refractivity contribution in [1.82, 2.24) is 0 Å². The monoisotopic (exact) mass is 300 g/mol. The van der Waals surface area contributed by atoms with E-state index in [1.807, 2.05) is 49.5 Å². The molecule has 3 nitrogen and oxygen atoms in total. The molecule has 0 unspecified atom stereocenters. The molecule has 1 amide bonds. The van der Waals surface area contributed by atoms with Gasteiger partial charge in [-0.15, -0.1) is 0 Å². The normalized spacial score (nSPS) is 14.4. The Morgan fingerprint density at radius 2 is 1.57 bits per heavy atom. The third kappa shape index (κ3) is 2.30. The van der Waals surface area contributed by atoms with Crippen LogP contribution >= 0.6 is 0 Å². The number of benzene rings is 3. The highest BCUT2D eigenvalue weighted by Crippen LogP contribution is 2.30. The average molecular weight is 300 g/mol. The third-order valence-corrected chi connectivity index (χ3v) is 4.27. The van der Waals surface area contributed by atoms with Gasteiger partial charge in [-0.25, -0.2) is 0 Å². The van der Waals surface area contributed by atoms with Crippen LogP contribution in [-0.2, 0) is 4.79 Å². The van der Waals surface area contributed by atoms with Crippen LogP contribution in [0.15, 0.2) is 71.7 Å². The molecule has 0 saturated carbocycles. The highest BCUT2D eigenvalue weighted by molar-refractivity contribution is 6.21. The molecular formula is C20H16N2O. The van der Waals surface area contributed by atoms with Gasteiger partial charge >= 0.3 is 0 Å². The van der Waals surface area contributed by atoms with Gasteiger partial charge < -0.3 is 4.90 Å². The Balaban J connectivity index is 2.02. The summed E-state index contributed by atoms with van der Waals surface area (Å²) in [6.07, 6.45) is 0. The maximum absolute atomic E-state index is 12.3. The Labute approximate surface area is 134 Å². The molecule has 0 fully saturated rings. The first-order valence-electron chi connectivity index (χ1n) is 7.63. The van der Waals surface area contributed by atoms with Gasteiger partial charge in [-0.05, 0) is 22.9 Å². The van der Waals surface area contributed by atoms with Crippen molar-refractivity contribution in [2.75, 3.05) is 18.5 Å². The standard InChI is InChI=1S/C20H16N2O/c1-22-18-12-16-10-6-5-9-15(16)11-17(18)20(21-13-19(22)23)14-7-3-2-4-8-14/h2-12H,13H2,1H3. The molecule has 0 aliphatic carbocycles. The molecule has 1 aliphatic rings. The number of anilines is 1. The molecule has 3 aromatic carbocycles. The van der Waals surface area contributed by atoms with Gasteiger partial charge in [0.05, 0.1) is 11.4 Å². The Kier molecular flexibility index (Phi) is 3.19. The van der Waals surface area contributed by atoms with Crippen molar-refractivity contribution in [2.24, 2.45) is 4.99 Å². The first-order chi connectivity index (χ1) is 11.2. The fraction of sp³-hybridized carbons (Fsp3) is 0.100. The zero-order chi connectivity index (χ0) is 15.8. The summed E-state index contributed by atoms with van der Waals surface area (Å²) < 4.78 is 0. The van der Waals surface area contributed by atoms with E-state index in [9.17, 15) is 4.79 Å². The predicted molar refractivity (Wildman–Crippen MR) is 94.3 cm³/mol. The van der Waals surface area contributed by atoms with E-state index in [0.29, 0.717) is 0 Å². The van der Waals surface area contributed by atoms with Gasteiger partial charge in [0.15, 0.2) is 0 Å². The van der Waals surface area contributed by atoms with Crippen LogP contribution in [0.5, 0.6) is 0 Å². The van der Waals surface area contributed by atoms with E-state index in [0.717, 1.165) is 33.3 Å². The lowest BCUT2D eigenvalue weighted by molar-refractivity contribution is -0.116. The van der Waals surface area contributed by atoms with Crippen LogP contribution in [0.2, 0.25) is 0 Å². The summed E-state index contributed by atoms with van der Waals surface area (Å²) in [7, 11) is 1.82. The molecule has 3 aromatic rings. The van der Waals surface area contributed by atoms with E-state index in [2.05, 4.69) is 29.3 Å². The second kappa shape index (κ2) is 5.36. The lowest BCUT2D eigenvalue weighted by Gasteiger charge is -2.19. The van der Waals surface area contributed by atoms with Gasteiger partial charge in [-0.2, -0.15) is 0 Å². The minimum atomic E-state index is 0.00691. The van der Waals surface area contributed by atoms with Crippen molar-refractivity contribution in [3.63, 3.8) is 0 Å². The predicted octanol–water partition coefficient (Wildman–Crippen LogP) is 3.65. The van der Waals surface area contributed by atoms with E-state index in [-0.39, 0.29) is 12.5 Å². The fourth-order valence-corrected chi connectivity index (χ4v) is 3.01. The average Bonchev–Trinajstić information content (AvgIpc) is 2.72. The maximum atomic E-state index is 12.3. The topological polar surface area (TPSA) is 32.7 Å². The molecule has 0 bridgehead atoms. The smallest absolute Gasteiger partial charge is 0.248 e. The Bertz CT molecular complexity index is 929. The Morgan fingerprint density at radius 3 is 2.30 bits per heavy atom. The van der Waals surface area contributed by atoms with Crippen LogP contribution < -0.4 is 4.90 Å². The number of amides is 1. The number of rotatable bonds is 1. The molecule has 0 atom stereocenters. The van der Waals surface area contributed by atoms with Crippen LogP contribution in [0.25, 0.3) is 10.8 Å². The van der Waals surface area contributed by atoms with Crippen LogP contribution in [0.4, 0.5) is 5.69 Å². The molecule has 0 radical (unpaired) electrons. The summed E-state index contributed by atoms with van der Waals surface area (Å²) in [5.41, 5.74) is 3.83. The van der Waals surface area contributed by atoms with E-state index in [1.165, 1.54) is 0 Å². The molecule has 0 aromatic heterocycles. The Hall–Kier alpha value is -2.94. The quantitative estimate of drug-likeness (QED) is 0.675. The second-order valence-corrected chi connectivity index (χ2v) is 5.70. The summed E-state index contributed by atoms with van der Waals surface area (Å²) in [5.74, 6) is 0.00691. The van der Waals surface area contributed by atoms with Crippen LogP contribution in [0.3, 0.4) is 0 Å². The van der Waals surface area contributed by atoms with E-state index in [4.69, 9.17) is 0 Å². The first-order valence-corrected chi connectivity index (χ1v) is 7.63. The van der Waals surface area contributed by atoms with Crippen LogP contribution in [0.1, 0.15) is 11.1 Å². The molecular weight excluding hydrogens is 284 g/mol. The summed E-state index contributed by atoms with van der Waals surface area (Å²) in [5, 5.41) is 2.28. The molecule has 0 spiro atoms. The zero-order valence-corrected chi connectivity index (χ0v) is 12.9. The van der Waals surface area contributed by atoms with Crippen molar-refractivity contribution in [3.05, 3.63) is 77.9 Å². The number of nitrogens with zero attached hydrogens (tertiary/aromatic N) is 2. The molecule has 112 valence electrons. The minimum Gasteiger partial charge on any atom is -0.313 e. The first kappa shape index (κ1) is 13.7. The highest BCUT2D eigenvalue weighted by Gasteiger charge is 2.22. The molecule has 0 N–H and O–H groups in total. The number of fused-ring (bicyclic) bond motifs is 2. The lowest BCUT2D eigenvalue weighted by atomic mass is 9.97. The largest absolute Gasteiger partial charge is 0.313 e. The van der Waals surface area contributed by atoms with Gasteiger partial charge in [-0.3, -0.25) is 9.79 Å². The minimum absolute atomic E-state index is 0.00691. The summed E-state index contributed by atoms with van der Waals surface area (Å²) >= 11 is 0. The maximum Gasteiger partial charge on any atom is 0.248 e. The third-order valence-electron chi connectivity index (χ3n) is 4.27. The number of aliphatic imine (C=N–C) groups is 1. The van der Waals surface area contributed by atoms with E-state index >= 15 is 0 Å². The SMILES string of the molecule is CN1C(=O)CN=C(c2ccccc2)c2cc3ccccc3cc21. The molecule has 1 aliphatic heterocycles. The highest BCUT2D eigenvalue weighted by atomic mass is 16.2. The van der Waals surface area contributed by atoms with E-state index in [1.54, 1.807) is 4.90 Å². The fourth-order valence-electron chi connectivity index (χ4n) is 3.01. The number of hydrogen-bond donors (Lipinski definition) is 0.